The van der Waals surface area contributed by atoms with E-state index in [2.05, 4.69) is 37.6 Å². The number of esters is 1. The standard InChI is InChI=1S/C27H40N2O4.ClH/c1-6-10-20-16-23-25(21(11-7-2)26(20)31)19(17-24(30)29-23)12-8-9-15-28-22(27(32)33-5)14-13-18(3)4;/h6-7,16,18-19,22,28,31H,1-2,8-15,17H2,3-5H3,(H,29,30);1H. The van der Waals surface area contributed by atoms with Crippen molar-refractivity contribution in [2.75, 3.05) is 19.0 Å². The second-order valence-electron chi connectivity index (χ2n) is 9.26. The summed E-state index contributed by atoms with van der Waals surface area (Å²) in [5.74, 6) is 0.648. The minimum atomic E-state index is -0.280. The van der Waals surface area contributed by atoms with Gasteiger partial charge >= 0.3 is 5.97 Å². The molecule has 7 heteroatoms. The van der Waals surface area contributed by atoms with E-state index in [1.54, 1.807) is 12.2 Å². The predicted molar refractivity (Wildman–Crippen MR) is 141 cm³/mol. The Hall–Kier alpha value is -2.31. The van der Waals surface area contributed by atoms with Gasteiger partial charge in [-0.25, -0.2) is 0 Å². The molecule has 0 spiro atoms. The summed E-state index contributed by atoms with van der Waals surface area (Å²) in [7, 11) is 1.43. The number of allylic oxidation sites excluding steroid dienone is 2. The van der Waals surface area contributed by atoms with Gasteiger partial charge in [0.05, 0.1) is 7.11 Å². The molecule has 0 fully saturated rings. The van der Waals surface area contributed by atoms with Crippen molar-refractivity contribution in [2.24, 2.45) is 5.92 Å². The van der Waals surface area contributed by atoms with Gasteiger partial charge in [-0.15, -0.1) is 25.6 Å². The number of carbonyl (C=O) groups is 2. The molecule has 0 saturated heterocycles. The van der Waals surface area contributed by atoms with Crippen LogP contribution in [0.1, 0.15) is 75.0 Å². The Bertz CT molecular complexity index is 854. The van der Waals surface area contributed by atoms with Crippen molar-refractivity contribution in [3.63, 3.8) is 0 Å². The van der Waals surface area contributed by atoms with Crippen LogP contribution in [0.2, 0.25) is 0 Å². The number of hydrogen-bond acceptors (Lipinski definition) is 5. The number of ether oxygens (including phenoxy) is 1. The van der Waals surface area contributed by atoms with Crippen molar-refractivity contribution in [3.8, 4) is 5.75 Å². The highest BCUT2D eigenvalue weighted by Gasteiger charge is 2.29. The molecule has 6 nitrogen and oxygen atoms in total. The molecule has 1 aliphatic heterocycles. The molecule has 0 saturated carbocycles. The topological polar surface area (TPSA) is 87.7 Å². The first-order chi connectivity index (χ1) is 15.8. The van der Waals surface area contributed by atoms with Gasteiger partial charge in [0.1, 0.15) is 11.8 Å². The summed E-state index contributed by atoms with van der Waals surface area (Å²) in [6.07, 6.45) is 9.38. The van der Waals surface area contributed by atoms with E-state index in [0.717, 1.165) is 54.5 Å². The van der Waals surface area contributed by atoms with Crippen LogP contribution in [-0.4, -0.2) is 36.7 Å². The number of amides is 1. The molecule has 1 aliphatic rings. The minimum Gasteiger partial charge on any atom is -0.507 e. The summed E-state index contributed by atoms with van der Waals surface area (Å²) in [5.41, 5.74) is 3.43. The molecule has 0 aromatic heterocycles. The summed E-state index contributed by atoms with van der Waals surface area (Å²) in [4.78, 5) is 24.4. The van der Waals surface area contributed by atoms with Gasteiger partial charge in [0, 0.05) is 17.7 Å². The lowest BCUT2D eigenvalue weighted by molar-refractivity contribution is -0.143. The maximum Gasteiger partial charge on any atom is 0.322 e. The summed E-state index contributed by atoms with van der Waals surface area (Å²) >= 11 is 0. The number of methoxy groups -OCH3 is 1. The fourth-order valence-corrected chi connectivity index (χ4v) is 4.55. The van der Waals surface area contributed by atoms with Gasteiger partial charge < -0.3 is 20.5 Å². The molecule has 1 heterocycles. The Morgan fingerprint density at radius 3 is 2.59 bits per heavy atom. The average Bonchev–Trinajstić information content (AvgIpc) is 2.77. The monoisotopic (exact) mass is 492 g/mol. The lowest BCUT2D eigenvalue weighted by Gasteiger charge is -2.29. The third-order valence-electron chi connectivity index (χ3n) is 6.24. The first-order valence-electron chi connectivity index (χ1n) is 12.0. The molecule has 0 bridgehead atoms. The zero-order valence-electron chi connectivity index (χ0n) is 20.8. The molecule has 1 aromatic carbocycles. The largest absolute Gasteiger partial charge is 0.507 e. The lowest BCUT2D eigenvalue weighted by Crippen LogP contribution is -2.38. The van der Waals surface area contributed by atoms with Crippen molar-refractivity contribution in [1.82, 2.24) is 5.32 Å². The summed E-state index contributed by atoms with van der Waals surface area (Å²) in [6.45, 7) is 12.6. The van der Waals surface area contributed by atoms with Crippen molar-refractivity contribution >= 4 is 30.0 Å². The number of aromatic hydroxyl groups is 1. The Morgan fingerprint density at radius 2 is 1.97 bits per heavy atom. The molecule has 3 N–H and O–H groups in total. The lowest BCUT2D eigenvalue weighted by atomic mass is 9.81. The number of phenols is 1. The molecule has 190 valence electrons. The highest BCUT2D eigenvalue weighted by atomic mass is 35.5. The normalized spacial score (nSPS) is 15.6. The Morgan fingerprint density at radius 1 is 1.26 bits per heavy atom. The number of benzene rings is 1. The fraction of sp³-hybridized carbons (Fsp3) is 0.556. The smallest absolute Gasteiger partial charge is 0.322 e. The van der Waals surface area contributed by atoms with Crippen molar-refractivity contribution < 1.29 is 19.4 Å². The quantitative estimate of drug-likeness (QED) is 0.139. The molecule has 2 atom stereocenters. The molecule has 2 unspecified atom stereocenters. The van der Waals surface area contributed by atoms with E-state index < -0.39 is 0 Å². The van der Waals surface area contributed by atoms with Crippen LogP contribution >= 0.6 is 12.4 Å². The number of unbranched alkanes of at least 4 members (excludes halogenated alkanes) is 1. The Kier molecular flexibility index (Phi) is 13.0. The number of rotatable bonds is 14. The second kappa shape index (κ2) is 14.8. The highest BCUT2D eigenvalue weighted by molar-refractivity contribution is 5.95. The van der Waals surface area contributed by atoms with Gasteiger partial charge in [0.15, 0.2) is 0 Å². The third kappa shape index (κ3) is 8.17. The van der Waals surface area contributed by atoms with Crippen LogP contribution in [0.25, 0.3) is 0 Å². The molecular weight excluding hydrogens is 452 g/mol. The number of phenolic OH excluding ortho intramolecular Hbond substituents is 1. The van der Waals surface area contributed by atoms with Crippen LogP contribution < -0.4 is 10.6 Å². The molecule has 2 rings (SSSR count). The summed E-state index contributed by atoms with van der Waals surface area (Å²) < 4.78 is 4.94. The number of halogens is 1. The number of fused-ring (bicyclic) bond motifs is 1. The fourth-order valence-electron chi connectivity index (χ4n) is 4.55. The third-order valence-corrected chi connectivity index (χ3v) is 6.24. The van der Waals surface area contributed by atoms with Crippen molar-refractivity contribution in [3.05, 3.63) is 48.1 Å². The second-order valence-corrected chi connectivity index (χ2v) is 9.26. The number of carbonyl (C=O) groups excluding carboxylic acids is 2. The van der Waals surface area contributed by atoms with E-state index in [1.807, 2.05) is 6.07 Å². The summed E-state index contributed by atoms with van der Waals surface area (Å²) in [5, 5.41) is 17.2. The number of nitrogens with one attached hydrogen (secondary N) is 2. The average molecular weight is 493 g/mol. The van der Waals surface area contributed by atoms with E-state index in [0.29, 0.717) is 31.7 Å². The maximum absolute atomic E-state index is 12.4. The van der Waals surface area contributed by atoms with Gasteiger partial charge in [-0.2, -0.15) is 0 Å². The van der Waals surface area contributed by atoms with Crippen LogP contribution in [0.3, 0.4) is 0 Å². The SMILES string of the molecule is C=CCc1cc2c(c(CC=C)c1O)C(CCCCNC(CCC(C)C)C(=O)OC)CC(=O)N2.Cl. The van der Waals surface area contributed by atoms with Crippen molar-refractivity contribution in [2.45, 2.75) is 77.2 Å². The first-order valence-corrected chi connectivity index (χ1v) is 12.0. The summed E-state index contributed by atoms with van der Waals surface area (Å²) in [6, 6.07) is 1.60. The number of hydrogen-bond donors (Lipinski definition) is 3. The van der Waals surface area contributed by atoms with Crippen molar-refractivity contribution in [1.29, 1.82) is 0 Å². The molecule has 0 radical (unpaired) electrons. The molecular formula is C27H41ClN2O4. The number of anilines is 1. The van der Waals surface area contributed by atoms with Gasteiger partial charge in [-0.1, -0.05) is 32.4 Å². The van der Waals surface area contributed by atoms with Crippen LogP contribution in [0.15, 0.2) is 31.4 Å². The van der Waals surface area contributed by atoms with E-state index in [9.17, 15) is 14.7 Å². The van der Waals surface area contributed by atoms with E-state index >= 15 is 0 Å². The maximum atomic E-state index is 12.4. The van der Waals surface area contributed by atoms with Crippen LogP contribution in [-0.2, 0) is 27.2 Å². The van der Waals surface area contributed by atoms with E-state index in [1.165, 1.54) is 7.11 Å². The molecule has 1 aromatic rings. The zero-order chi connectivity index (χ0) is 24.4. The van der Waals surface area contributed by atoms with Gasteiger partial charge in [-0.3, -0.25) is 9.59 Å². The molecule has 0 aliphatic carbocycles. The van der Waals surface area contributed by atoms with Gasteiger partial charge in [-0.05, 0) is 74.1 Å². The zero-order valence-corrected chi connectivity index (χ0v) is 21.6. The van der Waals surface area contributed by atoms with E-state index in [-0.39, 0.29) is 42.0 Å². The first kappa shape index (κ1) is 29.7. The highest BCUT2D eigenvalue weighted by Crippen LogP contribution is 2.43. The molecule has 34 heavy (non-hydrogen) atoms. The van der Waals surface area contributed by atoms with Crippen LogP contribution in [0.5, 0.6) is 5.75 Å². The minimum absolute atomic E-state index is 0. The van der Waals surface area contributed by atoms with Crippen LogP contribution in [0, 0.1) is 5.92 Å². The predicted octanol–water partition coefficient (Wildman–Crippen LogP) is 5.43. The van der Waals surface area contributed by atoms with Gasteiger partial charge in [0.25, 0.3) is 0 Å². The van der Waals surface area contributed by atoms with Gasteiger partial charge in [0.2, 0.25) is 5.91 Å². The van der Waals surface area contributed by atoms with Crippen LogP contribution in [0.4, 0.5) is 5.69 Å². The Balaban J connectivity index is 0.00000578. The van der Waals surface area contributed by atoms with E-state index in [4.69, 9.17) is 4.74 Å². The molecule has 1 amide bonds. The Labute approximate surface area is 210 Å².